The number of carbonyl (C=O) groups is 3. The zero-order valence-electron chi connectivity index (χ0n) is 23.6. The number of nitrogens with zero attached hydrogens (tertiary/aromatic N) is 2. The summed E-state index contributed by atoms with van der Waals surface area (Å²) in [5.41, 5.74) is 0.159. The third kappa shape index (κ3) is 7.60. The molecule has 0 radical (unpaired) electrons. The Kier molecular flexibility index (Phi) is 11.2. The number of β-lactam (4-membered cyclic amide) rings is 1. The highest BCUT2D eigenvalue weighted by molar-refractivity contribution is 8.14. The highest BCUT2D eigenvalue weighted by Crippen LogP contribution is 2.52. The number of carbonyl (C=O) groups excluding carboxylic acids is 2. The Morgan fingerprint density at radius 3 is 2.13 bits per heavy atom. The highest BCUT2D eigenvalue weighted by Gasteiger charge is 2.60. The van der Waals surface area contributed by atoms with Gasteiger partial charge in [-0.1, -0.05) is 18.7 Å². The van der Waals surface area contributed by atoms with Gasteiger partial charge < -0.3 is 30.6 Å². The zero-order chi connectivity index (χ0) is 28.1. The molecule has 5 heterocycles. The summed E-state index contributed by atoms with van der Waals surface area (Å²) < 4.78 is 0. The lowest BCUT2D eigenvalue weighted by Crippen LogP contribution is -2.63. The minimum Gasteiger partial charge on any atom is -0.477 e. The van der Waals surface area contributed by atoms with Gasteiger partial charge in [0.25, 0.3) is 0 Å². The largest absolute Gasteiger partial charge is 0.477 e. The van der Waals surface area contributed by atoms with E-state index >= 15 is 0 Å². The minimum absolute atomic E-state index is 0.0313. The van der Waals surface area contributed by atoms with Gasteiger partial charge in [-0.05, 0) is 90.6 Å². The Bertz CT molecular complexity index is 912. The molecule has 4 saturated heterocycles. The molecule has 39 heavy (non-hydrogen) atoms. The van der Waals surface area contributed by atoms with Crippen molar-refractivity contribution in [2.45, 2.75) is 81.9 Å². The molecule has 1 amide bonds. The number of amides is 1. The van der Waals surface area contributed by atoms with E-state index in [9.17, 15) is 24.6 Å². The zero-order valence-corrected chi connectivity index (χ0v) is 25.2. The summed E-state index contributed by atoms with van der Waals surface area (Å²) in [5.74, 6) is -0.992. The van der Waals surface area contributed by atoms with Crippen LogP contribution in [0.15, 0.2) is 10.6 Å². The first-order valence-electron chi connectivity index (χ1n) is 14.6. The van der Waals surface area contributed by atoms with Crippen molar-refractivity contribution in [3.63, 3.8) is 0 Å². The Morgan fingerprint density at radius 2 is 1.59 bits per heavy atom. The molecule has 0 aliphatic carbocycles. The van der Waals surface area contributed by atoms with Crippen molar-refractivity contribution in [3.05, 3.63) is 10.6 Å². The number of carboxylic acid groups (broad SMARTS) is 1. The molecule has 11 heteroatoms. The van der Waals surface area contributed by atoms with E-state index in [0.29, 0.717) is 10.5 Å². The number of aliphatic carboxylic acids is 1. The number of aliphatic hydroxyl groups is 1. The van der Waals surface area contributed by atoms with E-state index in [4.69, 9.17) is 0 Å². The van der Waals surface area contributed by atoms with E-state index in [1.54, 1.807) is 25.6 Å². The predicted molar refractivity (Wildman–Crippen MR) is 156 cm³/mol. The standard InChI is InChI=1S/C21H33N3O4S.C7H13NOS/c1-12-17-16(13(2)25)20(26)24(17)18(21(27)28)19(12)29-15-5-9-23(10-6-15)11-14-3-7-22-8-4-14;1-6(9)10-7-2-4-8-5-3-7/h12-17,22,25H,3-11H2,1-2H3,(H,27,28);7-8H,2-5H2,1H3/t12-,13-,16-,17-;/m1./s1. The molecule has 5 aliphatic rings. The van der Waals surface area contributed by atoms with E-state index < -0.39 is 18.0 Å². The number of rotatable bonds is 7. The number of fused-ring (bicyclic) bond motifs is 1. The number of nitrogens with one attached hydrogen (secondary N) is 2. The monoisotopic (exact) mass is 582 g/mol. The molecule has 0 saturated carbocycles. The molecule has 0 bridgehead atoms. The molecule has 4 N–H and O–H groups in total. The number of thioether (sulfide) groups is 2. The van der Waals surface area contributed by atoms with Crippen molar-refractivity contribution >= 4 is 40.5 Å². The summed E-state index contributed by atoms with van der Waals surface area (Å²) in [5, 5.41) is 27.7. The van der Waals surface area contributed by atoms with Gasteiger partial charge in [-0.15, -0.1) is 11.8 Å². The molecule has 5 rings (SSSR count). The fourth-order valence-electron chi connectivity index (χ4n) is 6.65. The van der Waals surface area contributed by atoms with Crippen molar-refractivity contribution < 1.29 is 24.6 Å². The number of aliphatic hydroxyl groups excluding tert-OH is 1. The maximum Gasteiger partial charge on any atom is 0.353 e. The van der Waals surface area contributed by atoms with E-state index in [1.807, 2.05) is 6.92 Å². The summed E-state index contributed by atoms with van der Waals surface area (Å²) in [6, 6.07) is -0.212. The fraction of sp³-hybridized carbons (Fsp3) is 0.821. The molecule has 4 fully saturated rings. The van der Waals surface area contributed by atoms with Crippen LogP contribution in [0.1, 0.15) is 59.3 Å². The van der Waals surface area contributed by atoms with Gasteiger partial charge in [0.05, 0.1) is 18.1 Å². The molecule has 4 atom stereocenters. The maximum atomic E-state index is 12.5. The average molecular weight is 583 g/mol. The van der Waals surface area contributed by atoms with E-state index in [-0.39, 0.29) is 28.7 Å². The van der Waals surface area contributed by atoms with Gasteiger partial charge in [-0.3, -0.25) is 9.59 Å². The molecule has 5 aliphatic heterocycles. The first kappa shape index (κ1) is 30.8. The van der Waals surface area contributed by atoms with Gasteiger partial charge in [0, 0.05) is 34.8 Å². The van der Waals surface area contributed by atoms with Crippen LogP contribution in [0, 0.1) is 17.8 Å². The number of carboxylic acids is 1. The van der Waals surface area contributed by atoms with Gasteiger partial charge in [0.2, 0.25) is 5.91 Å². The third-order valence-corrected chi connectivity index (χ3v) is 11.5. The Morgan fingerprint density at radius 1 is 1.00 bits per heavy atom. The van der Waals surface area contributed by atoms with Crippen LogP contribution < -0.4 is 10.6 Å². The lowest BCUT2D eigenvalue weighted by atomic mass is 9.79. The van der Waals surface area contributed by atoms with Crippen LogP contribution in [-0.2, 0) is 14.4 Å². The van der Waals surface area contributed by atoms with Crippen LogP contribution in [0.25, 0.3) is 0 Å². The molecule has 0 aromatic carbocycles. The van der Waals surface area contributed by atoms with Gasteiger partial charge in [-0.2, -0.15) is 0 Å². The van der Waals surface area contributed by atoms with Crippen LogP contribution in [0.3, 0.4) is 0 Å². The van der Waals surface area contributed by atoms with Crippen molar-refractivity contribution in [1.29, 1.82) is 0 Å². The topological polar surface area (TPSA) is 122 Å². The molecular weight excluding hydrogens is 536 g/mol. The molecule has 9 nitrogen and oxygen atoms in total. The summed E-state index contributed by atoms with van der Waals surface area (Å²) in [4.78, 5) is 39.9. The summed E-state index contributed by atoms with van der Waals surface area (Å²) >= 11 is 3.17. The Balaban J connectivity index is 0.000000298. The van der Waals surface area contributed by atoms with Crippen molar-refractivity contribution in [2.75, 3.05) is 45.8 Å². The number of likely N-dealkylation sites (tertiary alicyclic amines) is 1. The quantitative estimate of drug-likeness (QED) is 0.333. The average Bonchev–Trinajstić information content (AvgIpc) is 3.14. The van der Waals surface area contributed by atoms with E-state index in [1.165, 1.54) is 36.0 Å². The van der Waals surface area contributed by atoms with Crippen LogP contribution in [0.5, 0.6) is 0 Å². The number of piperidine rings is 3. The van der Waals surface area contributed by atoms with Crippen molar-refractivity contribution in [3.8, 4) is 0 Å². The highest BCUT2D eigenvalue weighted by atomic mass is 32.2. The van der Waals surface area contributed by atoms with E-state index in [2.05, 4.69) is 15.5 Å². The van der Waals surface area contributed by atoms with Gasteiger partial charge in [-0.25, -0.2) is 4.79 Å². The second kappa shape index (κ2) is 14.2. The summed E-state index contributed by atoms with van der Waals surface area (Å²) in [7, 11) is 0. The first-order valence-corrected chi connectivity index (χ1v) is 16.4. The van der Waals surface area contributed by atoms with Crippen LogP contribution in [0.2, 0.25) is 0 Å². The van der Waals surface area contributed by atoms with Crippen molar-refractivity contribution in [1.82, 2.24) is 20.4 Å². The third-order valence-electron chi connectivity index (χ3n) is 8.73. The number of hydrogen-bond donors (Lipinski definition) is 4. The van der Waals surface area contributed by atoms with Gasteiger partial charge >= 0.3 is 5.97 Å². The van der Waals surface area contributed by atoms with Crippen molar-refractivity contribution in [2.24, 2.45) is 17.8 Å². The second-order valence-electron chi connectivity index (χ2n) is 11.6. The van der Waals surface area contributed by atoms with Crippen LogP contribution in [0.4, 0.5) is 0 Å². The summed E-state index contributed by atoms with van der Waals surface area (Å²) in [6.07, 6.45) is 6.17. The molecule has 0 spiro atoms. The SMILES string of the molecule is CC(=O)SC1CCNCC1.C[C@@H](O)[C@H]1C(=O)N2C(C(=O)O)=C(SC3CCN(CC4CCNCC4)CC3)[C@H](C)[C@H]12. The Labute approximate surface area is 241 Å². The van der Waals surface area contributed by atoms with Gasteiger partial charge in [0.1, 0.15) is 5.70 Å². The normalized spacial score (nSPS) is 29.9. The smallest absolute Gasteiger partial charge is 0.353 e. The molecular formula is C28H46N4O5S2. The molecule has 0 aromatic rings. The molecule has 0 unspecified atom stereocenters. The number of hydrogen-bond acceptors (Lipinski definition) is 9. The van der Waals surface area contributed by atoms with E-state index in [0.717, 1.165) is 75.8 Å². The Hall–Kier alpha value is -1.11. The molecule has 220 valence electrons. The first-order chi connectivity index (χ1) is 18.7. The maximum absolute atomic E-state index is 12.5. The lowest BCUT2D eigenvalue weighted by Gasteiger charge is -2.46. The lowest BCUT2D eigenvalue weighted by molar-refractivity contribution is -0.163. The minimum atomic E-state index is -1.03. The fourth-order valence-corrected chi connectivity index (χ4v) is 9.04. The van der Waals surface area contributed by atoms with Crippen LogP contribution >= 0.6 is 23.5 Å². The summed E-state index contributed by atoms with van der Waals surface area (Å²) in [6.45, 7) is 13.0. The molecule has 0 aromatic heterocycles. The predicted octanol–water partition coefficient (Wildman–Crippen LogP) is 2.36. The second-order valence-corrected chi connectivity index (χ2v) is 14.5. The van der Waals surface area contributed by atoms with Gasteiger partial charge in [0.15, 0.2) is 5.12 Å². The van der Waals surface area contributed by atoms with Crippen LogP contribution in [-0.4, -0.2) is 105 Å².